The number of anilines is 6. The SMILES string of the molecule is c1ccc(N(c2cc3ccccc3c3ccccc23)c2cc3oc4cc5oc6cc(N(c7ccccc7)c7cc8ccccc8c8ccccc78)c7ccccc7c6c5cc4c3c3ccccc23)cc1. The van der Waals surface area contributed by atoms with E-state index < -0.39 is 0 Å². The maximum atomic E-state index is 7.03. The second kappa shape index (κ2) is 15.1. The molecular weight excluding hydrogens is 853 g/mol. The Morgan fingerprint density at radius 3 is 0.943 bits per heavy atom. The van der Waals surface area contributed by atoms with E-state index in [9.17, 15) is 0 Å². The summed E-state index contributed by atoms with van der Waals surface area (Å²) < 4.78 is 14.1. The number of benzene rings is 13. The number of hydrogen-bond acceptors (Lipinski definition) is 4. The number of hydrogen-bond donors (Lipinski definition) is 0. The van der Waals surface area contributed by atoms with Crippen LogP contribution in [0.15, 0.2) is 251 Å². The third-order valence-corrected chi connectivity index (χ3v) is 14.5. The van der Waals surface area contributed by atoms with Crippen molar-refractivity contribution in [2.75, 3.05) is 9.80 Å². The van der Waals surface area contributed by atoms with Crippen LogP contribution in [0.25, 0.3) is 109 Å². The zero-order chi connectivity index (χ0) is 45.9. The first-order chi connectivity index (χ1) is 34.7. The lowest BCUT2D eigenvalue weighted by Crippen LogP contribution is -2.11. The standard InChI is InChI=1S/C66H40N2O2/c1-3-21-43(22-4-1)67(57-35-41-19-7-9-25-45(41)47-27-11-13-29-49(47)57)59-38-63-65(53-33-17-15-31-51(53)59)55-37-56-62(40-61(55)69-63)70-64-39-60(52-32-16-18-34-54(52)66(56)64)68(44-23-5-2-6-24-44)58-36-42-20-8-10-26-46(42)48-28-12-14-30-50(48)58/h1-40H. The van der Waals surface area contributed by atoms with Gasteiger partial charge in [-0.1, -0.05) is 182 Å². The van der Waals surface area contributed by atoms with E-state index >= 15 is 0 Å². The largest absolute Gasteiger partial charge is 0.456 e. The van der Waals surface area contributed by atoms with E-state index in [1.54, 1.807) is 0 Å². The van der Waals surface area contributed by atoms with Crippen molar-refractivity contribution in [1.29, 1.82) is 0 Å². The van der Waals surface area contributed by atoms with E-state index in [0.29, 0.717) is 0 Å². The van der Waals surface area contributed by atoms with E-state index in [0.717, 1.165) is 99.5 Å². The van der Waals surface area contributed by atoms with Crippen molar-refractivity contribution in [3.8, 4) is 0 Å². The minimum absolute atomic E-state index is 0.782. The van der Waals surface area contributed by atoms with Crippen LogP contribution in [0.2, 0.25) is 0 Å². The summed E-state index contributed by atoms with van der Waals surface area (Å²) in [5.74, 6) is 0. The van der Waals surface area contributed by atoms with Crippen LogP contribution in [0.5, 0.6) is 0 Å². The predicted octanol–water partition coefficient (Wildman–Crippen LogP) is 19.3. The normalized spacial score (nSPS) is 12.0. The van der Waals surface area contributed by atoms with Gasteiger partial charge in [0.25, 0.3) is 0 Å². The average Bonchev–Trinajstić information content (AvgIpc) is 3.98. The molecule has 0 aliphatic carbocycles. The van der Waals surface area contributed by atoms with E-state index in [-0.39, 0.29) is 0 Å². The van der Waals surface area contributed by atoms with Gasteiger partial charge in [-0.3, -0.25) is 0 Å². The molecule has 326 valence electrons. The van der Waals surface area contributed by atoms with Crippen LogP contribution in [0.1, 0.15) is 0 Å². The molecule has 2 heterocycles. The quantitative estimate of drug-likeness (QED) is 0.156. The summed E-state index contributed by atoms with van der Waals surface area (Å²) in [6, 6.07) is 87.4. The summed E-state index contributed by atoms with van der Waals surface area (Å²) in [5, 5.41) is 18.4. The van der Waals surface area contributed by atoms with Crippen LogP contribution >= 0.6 is 0 Å². The molecule has 0 aliphatic heterocycles. The first kappa shape index (κ1) is 38.7. The second-order valence-electron chi connectivity index (χ2n) is 18.3. The first-order valence-electron chi connectivity index (χ1n) is 23.9. The van der Waals surface area contributed by atoms with Gasteiger partial charge in [0.1, 0.15) is 22.3 Å². The summed E-state index contributed by atoms with van der Waals surface area (Å²) in [6.45, 7) is 0. The Kier molecular flexibility index (Phi) is 8.33. The summed E-state index contributed by atoms with van der Waals surface area (Å²) in [5.41, 5.74) is 9.64. The predicted molar refractivity (Wildman–Crippen MR) is 295 cm³/mol. The van der Waals surface area contributed by atoms with Gasteiger partial charge in [-0.2, -0.15) is 0 Å². The van der Waals surface area contributed by atoms with Gasteiger partial charge in [-0.05, 0) is 85.6 Å². The Morgan fingerprint density at radius 1 is 0.214 bits per heavy atom. The van der Waals surface area contributed by atoms with Gasteiger partial charge in [-0.25, -0.2) is 0 Å². The molecule has 0 N–H and O–H groups in total. The number of nitrogens with zero attached hydrogens (tertiary/aromatic N) is 2. The highest BCUT2D eigenvalue weighted by molar-refractivity contribution is 6.29. The van der Waals surface area contributed by atoms with E-state index in [4.69, 9.17) is 8.83 Å². The van der Waals surface area contributed by atoms with Gasteiger partial charge >= 0.3 is 0 Å². The highest BCUT2D eigenvalue weighted by Gasteiger charge is 2.26. The van der Waals surface area contributed by atoms with Gasteiger partial charge < -0.3 is 18.6 Å². The lowest BCUT2D eigenvalue weighted by atomic mass is 9.96. The highest BCUT2D eigenvalue weighted by atomic mass is 16.3. The van der Waals surface area contributed by atoms with E-state index in [1.807, 2.05) is 0 Å². The molecule has 0 unspecified atom stereocenters. The van der Waals surface area contributed by atoms with Crippen molar-refractivity contribution in [3.05, 3.63) is 243 Å². The Balaban J connectivity index is 0.975. The molecule has 4 nitrogen and oxygen atoms in total. The lowest BCUT2D eigenvalue weighted by Gasteiger charge is -2.29. The fraction of sp³-hybridized carbons (Fsp3) is 0. The molecule has 0 atom stereocenters. The van der Waals surface area contributed by atoms with Crippen LogP contribution in [-0.2, 0) is 0 Å². The molecule has 0 amide bonds. The summed E-state index contributed by atoms with van der Waals surface area (Å²) >= 11 is 0. The van der Waals surface area contributed by atoms with Crippen molar-refractivity contribution >= 4 is 143 Å². The average molecular weight is 893 g/mol. The van der Waals surface area contributed by atoms with Crippen molar-refractivity contribution in [1.82, 2.24) is 0 Å². The summed E-state index contributed by atoms with van der Waals surface area (Å²) in [6.07, 6.45) is 0. The molecule has 0 fully saturated rings. The molecule has 13 aromatic carbocycles. The van der Waals surface area contributed by atoms with Crippen LogP contribution in [-0.4, -0.2) is 0 Å². The zero-order valence-corrected chi connectivity index (χ0v) is 37.8. The minimum Gasteiger partial charge on any atom is -0.456 e. The third kappa shape index (κ3) is 5.71. The Labute approximate surface area is 402 Å². The van der Waals surface area contributed by atoms with Gasteiger partial charge in [0.2, 0.25) is 0 Å². The van der Waals surface area contributed by atoms with Crippen LogP contribution < -0.4 is 9.80 Å². The van der Waals surface area contributed by atoms with Gasteiger partial charge in [0, 0.05) is 72.7 Å². The fourth-order valence-corrected chi connectivity index (χ4v) is 11.5. The Morgan fingerprint density at radius 2 is 0.529 bits per heavy atom. The molecule has 0 saturated carbocycles. The van der Waals surface area contributed by atoms with Crippen LogP contribution in [0.4, 0.5) is 34.1 Å². The second-order valence-corrected chi connectivity index (χ2v) is 18.3. The van der Waals surface area contributed by atoms with Crippen molar-refractivity contribution in [2.24, 2.45) is 0 Å². The monoisotopic (exact) mass is 892 g/mol. The zero-order valence-electron chi connectivity index (χ0n) is 37.8. The minimum atomic E-state index is 0.782. The molecule has 0 bridgehead atoms. The number of fused-ring (bicyclic) bond motifs is 16. The fourth-order valence-electron chi connectivity index (χ4n) is 11.5. The molecule has 2 aromatic heterocycles. The van der Waals surface area contributed by atoms with Crippen molar-refractivity contribution in [3.63, 3.8) is 0 Å². The number of furan rings is 2. The smallest absolute Gasteiger partial charge is 0.139 e. The first-order valence-corrected chi connectivity index (χ1v) is 23.9. The van der Waals surface area contributed by atoms with Crippen molar-refractivity contribution < 1.29 is 8.83 Å². The maximum Gasteiger partial charge on any atom is 0.139 e. The molecule has 0 radical (unpaired) electrons. The molecule has 0 saturated heterocycles. The number of para-hydroxylation sites is 2. The van der Waals surface area contributed by atoms with Gasteiger partial charge in [0.05, 0.1) is 22.7 Å². The summed E-state index contributed by atoms with van der Waals surface area (Å²) in [7, 11) is 0. The third-order valence-electron chi connectivity index (χ3n) is 14.5. The van der Waals surface area contributed by atoms with E-state index in [2.05, 4.69) is 252 Å². The number of rotatable bonds is 6. The van der Waals surface area contributed by atoms with Crippen LogP contribution in [0.3, 0.4) is 0 Å². The molecule has 0 aliphatic rings. The molecular formula is C66H40N2O2. The molecule has 15 aromatic rings. The Hall–Kier alpha value is -9.38. The topological polar surface area (TPSA) is 32.8 Å². The molecule has 4 heteroatoms. The Bertz CT molecular complexity index is 4320. The van der Waals surface area contributed by atoms with Gasteiger partial charge in [0.15, 0.2) is 0 Å². The molecule has 15 rings (SSSR count). The molecule has 0 spiro atoms. The highest BCUT2D eigenvalue weighted by Crippen LogP contribution is 2.51. The van der Waals surface area contributed by atoms with Crippen molar-refractivity contribution in [2.45, 2.75) is 0 Å². The van der Waals surface area contributed by atoms with Crippen LogP contribution in [0, 0.1) is 0 Å². The summed E-state index contributed by atoms with van der Waals surface area (Å²) in [4.78, 5) is 4.82. The van der Waals surface area contributed by atoms with Gasteiger partial charge in [-0.15, -0.1) is 0 Å². The lowest BCUT2D eigenvalue weighted by molar-refractivity contribution is 0.656. The molecule has 70 heavy (non-hydrogen) atoms. The maximum absolute atomic E-state index is 7.03. The van der Waals surface area contributed by atoms with E-state index in [1.165, 1.54) is 43.1 Å².